The van der Waals surface area contributed by atoms with E-state index < -0.39 is 29.2 Å². The van der Waals surface area contributed by atoms with E-state index in [4.69, 9.17) is 4.74 Å². The maximum absolute atomic E-state index is 12.2. The molecular weight excluding hydrogens is 288 g/mol. The molecule has 0 saturated carbocycles. The van der Waals surface area contributed by atoms with Crippen molar-refractivity contribution in [2.24, 2.45) is 0 Å². The fourth-order valence-electron chi connectivity index (χ4n) is 2.98. The van der Waals surface area contributed by atoms with Crippen LogP contribution >= 0.6 is 0 Å². The first-order valence-corrected chi connectivity index (χ1v) is 7.73. The Morgan fingerprint density at radius 2 is 2.18 bits per heavy atom. The third-order valence-electron chi connectivity index (χ3n) is 4.24. The molecule has 0 unspecified atom stereocenters. The summed E-state index contributed by atoms with van der Waals surface area (Å²) in [6, 6.07) is 0. The van der Waals surface area contributed by atoms with Crippen LogP contribution in [-0.2, 0) is 10.5 Å². The highest BCUT2D eigenvalue weighted by Gasteiger charge is 2.47. The SMILES string of the molecule is CCCCC[C@]1(n2cc(C)c(=O)[nH]c2=O)C[C@H](O)[C@@H](CO)O1. The first-order chi connectivity index (χ1) is 10.4. The standard InChI is InChI=1S/C15H24N2O5/c1-3-4-5-6-15(7-11(19)12(9-18)22-15)17-8-10(2)13(20)16-14(17)21/h8,11-12,18-19H,3-7,9H2,1-2H3,(H,16,20,21)/t11-,12+,15+/m0/s1. The minimum absolute atomic E-state index is 0.216. The number of aromatic nitrogens is 2. The van der Waals surface area contributed by atoms with Crippen LogP contribution in [0.3, 0.4) is 0 Å². The van der Waals surface area contributed by atoms with Crippen LogP contribution in [0, 0.1) is 6.92 Å². The quantitative estimate of drug-likeness (QED) is 0.652. The summed E-state index contributed by atoms with van der Waals surface area (Å²) in [5, 5.41) is 19.4. The third-order valence-corrected chi connectivity index (χ3v) is 4.24. The van der Waals surface area contributed by atoms with Gasteiger partial charge in [-0.15, -0.1) is 0 Å². The highest BCUT2D eigenvalue weighted by Crippen LogP contribution is 2.38. The molecule has 1 aromatic heterocycles. The molecule has 0 spiro atoms. The molecule has 1 fully saturated rings. The molecule has 7 heteroatoms. The molecule has 1 aliphatic rings. The van der Waals surface area contributed by atoms with Crippen LogP contribution in [-0.4, -0.2) is 38.6 Å². The molecule has 2 rings (SSSR count). The van der Waals surface area contributed by atoms with E-state index in [1.807, 2.05) is 0 Å². The monoisotopic (exact) mass is 312 g/mol. The summed E-state index contributed by atoms with van der Waals surface area (Å²) in [4.78, 5) is 26.0. The van der Waals surface area contributed by atoms with E-state index in [1.54, 1.807) is 6.92 Å². The summed E-state index contributed by atoms with van der Waals surface area (Å²) in [6.45, 7) is 3.38. The third kappa shape index (κ3) is 3.16. The normalized spacial score (nSPS) is 28.2. The highest BCUT2D eigenvalue weighted by atomic mass is 16.6. The van der Waals surface area contributed by atoms with Gasteiger partial charge in [0.25, 0.3) is 5.56 Å². The number of ether oxygens (including phenoxy) is 1. The number of aliphatic hydroxyl groups excluding tert-OH is 2. The van der Waals surface area contributed by atoms with Gasteiger partial charge in [0.1, 0.15) is 6.10 Å². The molecule has 0 aliphatic carbocycles. The van der Waals surface area contributed by atoms with Crippen LogP contribution in [0.4, 0.5) is 0 Å². The minimum Gasteiger partial charge on any atom is -0.394 e. The van der Waals surface area contributed by atoms with Crippen molar-refractivity contribution in [1.82, 2.24) is 9.55 Å². The first kappa shape index (κ1) is 16.9. The molecule has 3 N–H and O–H groups in total. The number of rotatable bonds is 6. The Kier molecular flexibility index (Phi) is 5.20. The van der Waals surface area contributed by atoms with Gasteiger partial charge in [-0.05, 0) is 19.8 Å². The second kappa shape index (κ2) is 6.76. The molecule has 124 valence electrons. The molecule has 1 saturated heterocycles. The van der Waals surface area contributed by atoms with Crippen molar-refractivity contribution in [3.05, 3.63) is 32.6 Å². The van der Waals surface area contributed by atoms with Gasteiger partial charge in [-0.25, -0.2) is 4.79 Å². The number of aromatic amines is 1. The molecule has 7 nitrogen and oxygen atoms in total. The van der Waals surface area contributed by atoms with E-state index >= 15 is 0 Å². The van der Waals surface area contributed by atoms with Gasteiger partial charge < -0.3 is 14.9 Å². The molecule has 0 amide bonds. The fraction of sp³-hybridized carbons (Fsp3) is 0.733. The zero-order valence-electron chi connectivity index (χ0n) is 13.0. The Bertz CT molecular complexity index is 623. The molecule has 2 heterocycles. The Morgan fingerprint density at radius 3 is 2.77 bits per heavy atom. The molecule has 0 bridgehead atoms. The predicted octanol–water partition coefficient (Wildman–Crippen LogP) is 0.220. The molecule has 1 aromatic rings. The summed E-state index contributed by atoms with van der Waals surface area (Å²) in [6.07, 6.45) is 3.48. The van der Waals surface area contributed by atoms with Gasteiger partial charge in [0.2, 0.25) is 0 Å². The lowest BCUT2D eigenvalue weighted by Crippen LogP contribution is -2.45. The minimum atomic E-state index is -1.02. The van der Waals surface area contributed by atoms with Crippen LogP contribution in [0.25, 0.3) is 0 Å². The van der Waals surface area contributed by atoms with Crippen molar-refractivity contribution in [3.63, 3.8) is 0 Å². The van der Waals surface area contributed by atoms with Gasteiger partial charge in [0, 0.05) is 18.2 Å². The molecule has 0 aromatic carbocycles. The Morgan fingerprint density at radius 1 is 1.45 bits per heavy atom. The van der Waals surface area contributed by atoms with Crippen molar-refractivity contribution in [3.8, 4) is 0 Å². The lowest BCUT2D eigenvalue weighted by molar-refractivity contribution is -0.124. The van der Waals surface area contributed by atoms with Crippen molar-refractivity contribution >= 4 is 0 Å². The molecule has 1 aliphatic heterocycles. The van der Waals surface area contributed by atoms with Gasteiger partial charge in [-0.1, -0.05) is 19.8 Å². The maximum atomic E-state index is 12.2. The van der Waals surface area contributed by atoms with E-state index in [0.717, 1.165) is 19.3 Å². The topological polar surface area (TPSA) is 105 Å². The fourth-order valence-corrected chi connectivity index (χ4v) is 2.98. The smallest absolute Gasteiger partial charge is 0.330 e. The van der Waals surface area contributed by atoms with Gasteiger partial charge in [-0.3, -0.25) is 14.3 Å². The van der Waals surface area contributed by atoms with E-state index in [2.05, 4.69) is 11.9 Å². The Hall–Kier alpha value is -1.44. The van der Waals surface area contributed by atoms with Gasteiger partial charge in [-0.2, -0.15) is 0 Å². The van der Waals surface area contributed by atoms with E-state index in [9.17, 15) is 19.8 Å². The number of aliphatic hydroxyl groups is 2. The van der Waals surface area contributed by atoms with Crippen LogP contribution in [0.5, 0.6) is 0 Å². The second-order valence-corrected chi connectivity index (χ2v) is 5.96. The summed E-state index contributed by atoms with van der Waals surface area (Å²) in [5.74, 6) is 0. The van der Waals surface area contributed by atoms with Gasteiger partial charge in [0.15, 0.2) is 5.72 Å². The first-order valence-electron chi connectivity index (χ1n) is 7.73. The number of hydrogen-bond acceptors (Lipinski definition) is 5. The van der Waals surface area contributed by atoms with Crippen LogP contribution in [0.1, 0.15) is 44.6 Å². The lowest BCUT2D eigenvalue weighted by Gasteiger charge is -2.31. The van der Waals surface area contributed by atoms with Crippen molar-refractivity contribution in [2.75, 3.05) is 6.61 Å². The molecular formula is C15H24N2O5. The molecule has 3 atom stereocenters. The number of hydrogen-bond donors (Lipinski definition) is 3. The Balaban J connectivity index is 2.43. The molecule has 22 heavy (non-hydrogen) atoms. The van der Waals surface area contributed by atoms with Crippen LogP contribution < -0.4 is 11.2 Å². The van der Waals surface area contributed by atoms with Gasteiger partial charge in [0.05, 0.1) is 12.7 Å². The van der Waals surface area contributed by atoms with Crippen molar-refractivity contribution in [1.29, 1.82) is 0 Å². The summed E-state index contributed by atoms with van der Waals surface area (Å²) >= 11 is 0. The van der Waals surface area contributed by atoms with E-state index in [1.165, 1.54) is 10.8 Å². The zero-order valence-corrected chi connectivity index (χ0v) is 13.0. The summed E-state index contributed by atoms with van der Waals surface area (Å²) in [7, 11) is 0. The highest BCUT2D eigenvalue weighted by molar-refractivity contribution is 5.04. The average molecular weight is 312 g/mol. The van der Waals surface area contributed by atoms with E-state index in [-0.39, 0.29) is 13.0 Å². The molecule has 0 radical (unpaired) electrons. The summed E-state index contributed by atoms with van der Waals surface area (Å²) < 4.78 is 7.22. The summed E-state index contributed by atoms with van der Waals surface area (Å²) in [5.41, 5.74) is -1.60. The van der Waals surface area contributed by atoms with E-state index in [0.29, 0.717) is 12.0 Å². The largest absolute Gasteiger partial charge is 0.394 e. The number of nitrogens with one attached hydrogen (secondary N) is 1. The zero-order chi connectivity index (χ0) is 16.3. The lowest BCUT2D eigenvalue weighted by atomic mass is 9.99. The number of unbranched alkanes of at least 4 members (excludes halogenated alkanes) is 2. The maximum Gasteiger partial charge on any atom is 0.330 e. The van der Waals surface area contributed by atoms with Crippen LogP contribution in [0.15, 0.2) is 15.8 Å². The predicted molar refractivity (Wildman–Crippen MR) is 80.8 cm³/mol. The van der Waals surface area contributed by atoms with Crippen molar-refractivity contribution in [2.45, 2.75) is 63.9 Å². The second-order valence-electron chi connectivity index (χ2n) is 5.96. The van der Waals surface area contributed by atoms with Gasteiger partial charge >= 0.3 is 5.69 Å². The number of H-pyrrole nitrogens is 1. The average Bonchev–Trinajstić information content (AvgIpc) is 2.80. The number of aryl methyl sites for hydroxylation is 1. The number of nitrogens with zero attached hydrogens (tertiary/aromatic N) is 1. The Labute approximate surface area is 128 Å². The van der Waals surface area contributed by atoms with Crippen molar-refractivity contribution < 1.29 is 14.9 Å². The van der Waals surface area contributed by atoms with Crippen LogP contribution in [0.2, 0.25) is 0 Å².